The number of hydrogen-bond acceptors (Lipinski definition) is 5. The van der Waals surface area contributed by atoms with Crippen LogP contribution in [-0.2, 0) is 4.79 Å². The molecule has 0 bridgehead atoms. The highest BCUT2D eigenvalue weighted by Gasteiger charge is 2.18. The Morgan fingerprint density at radius 1 is 0.970 bits per heavy atom. The monoisotopic (exact) mass is 509 g/mol. The SMILES string of the molecule is O=C(Nc1cccc(C(=O)O)c1)C(=Cc1cccc([N+](=O)[O-])c1)NC(=O)c1ccccc1Br. The number of amides is 2. The van der Waals surface area contributed by atoms with Gasteiger partial charge in [-0.25, -0.2) is 4.79 Å². The van der Waals surface area contributed by atoms with Gasteiger partial charge in [-0.2, -0.15) is 0 Å². The first-order valence-corrected chi connectivity index (χ1v) is 10.2. The van der Waals surface area contributed by atoms with Gasteiger partial charge >= 0.3 is 5.97 Å². The largest absolute Gasteiger partial charge is 0.478 e. The van der Waals surface area contributed by atoms with Crippen LogP contribution in [0.5, 0.6) is 0 Å². The van der Waals surface area contributed by atoms with E-state index in [1.807, 2.05) is 0 Å². The van der Waals surface area contributed by atoms with Crippen molar-refractivity contribution >= 4 is 51.2 Å². The van der Waals surface area contributed by atoms with E-state index >= 15 is 0 Å². The average Bonchev–Trinajstić information content (AvgIpc) is 2.79. The van der Waals surface area contributed by atoms with Crippen LogP contribution in [0.1, 0.15) is 26.3 Å². The topological polar surface area (TPSA) is 139 Å². The minimum Gasteiger partial charge on any atom is -0.478 e. The molecule has 9 nitrogen and oxygen atoms in total. The Hall–Kier alpha value is -4.31. The number of carboxylic acids is 1. The van der Waals surface area contributed by atoms with Crippen LogP contribution in [0.25, 0.3) is 6.08 Å². The van der Waals surface area contributed by atoms with E-state index in [1.54, 1.807) is 24.3 Å². The minimum absolute atomic E-state index is 0.0331. The molecular formula is C23H16BrN3O6. The van der Waals surface area contributed by atoms with E-state index in [4.69, 9.17) is 5.11 Å². The standard InChI is InChI=1S/C23H16BrN3O6/c24-19-10-2-1-9-18(19)21(28)26-20(12-14-5-3-8-17(11-14)27(32)33)22(29)25-16-7-4-6-15(13-16)23(30)31/h1-13H,(H,25,29)(H,26,28)(H,30,31). The fourth-order valence-electron chi connectivity index (χ4n) is 2.82. The molecule has 0 saturated carbocycles. The van der Waals surface area contributed by atoms with Gasteiger partial charge in [0.05, 0.1) is 16.1 Å². The zero-order valence-electron chi connectivity index (χ0n) is 16.8. The van der Waals surface area contributed by atoms with Crippen molar-refractivity contribution < 1.29 is 24.4 Å². The Morgan fingerprint density at radius 3 is 2.39 bits per heavy atom. The van der Waals surface area contributed by atoms with Crippen LogP contribution in [-0.4, -0.2) is 27.8 Å². The fraction of sp³-hybridized carbons (Fsp3) is 0. The number of carbonyl (C=O) groups excluding carboxylic acids is 2. The van der Waals surface area contributed by atoms with Crippen LogP contribution in [0.4, 0.5) is 11.4 Å². The molecule has 166 valence electrons. The molecule has 0 fully saturated rings. The maximum Gasteiger partial charge on any atom is 0.335 e. The molecule has 0 aliphatic heterocycles. The first-order chi connectivity index (χ1) is 15.7. The molecule has 3 rings (SSSR count). The normalized spacial score (nSPS) is 10.9. The Kier molecular flexibility index (Phi) is 7.31. The summed E-state index contributed by atoms with van der Waals surface area (Å²) >= 11 is 3.28. The second kappa shape index (κ2) is 10.3. The number of rotatable bonds is 7. The summed E-state index contributed by atoms with van der Waals surface area (Å²) in [5, 5.41) is 25.3. The first kappa shape index (κ1) is 23.4. The van der Waals surface area contributed by atoms with Crippen molar-refractivity contribution in [3.63, 3.8) is 0 Å². The predicted molar refractivity (Wildman–Crippen MR) is 125 cm³/mol. The van der Waals surface area contributed by atoms with E-state index in [0.717, 1.165) is 0 Å². The quantitative estimate of drug-likeness (QED) is 0.244. The summed E-state index contributed by atoms with van der Waals surface area (Å²) in [5.74, 6) is -2.50. The van der Waals surface area contributed by atoms with Gasteiger partial charge in [0.15, 0.2) is 0 Å². The van der Waals surface area contributed by atoms with Crippen LogP contribution in [0.2, 0.25) is 0 Å². The van der Waals surface area contributed by atoms with Crippen molar-refractivity contribution in [1.82, 2.24) is 5.32 Å². The molecule has 10 heteroatoms. The Bertz CT molecular complexity index is 1290. The van der Waals surface area contributed by atoms with E-state index < -0.39 is 22.7 Å². The highest BCUT2D eigenvalue weighted by atomic mass is 79.9. The number of hydrogen-bond donors (Lipinski definition) is 3. The van der Waals surface area contributed by atoms with Gasteiger partial charge in [-0.1, -0.05) is 30.3 Å². The summed E-state index contributed by atoms with van der Waals surface area (Å²) in [6.45, 7) is 0. The van der Waals surface area contributed by atoms with E-state index in [2.05, 4.69) is 26.6 Å². The van der Waals surface area contributed by atoms with E-state index in [1.165, 1.54) is 54.6 Å². The zero-order chi connectivity index (χ0) is 24.0. The van der Waals surface area contributed by atoms with Crippen molar-refractivity contribution in [2.24, 2.45) is 0 Å². The Labute approximate surface area is 196 Å². The molecule has 3 aromatic carbocycles. The number of halogens is 1. The van der Waals surface area contributed by atoms with Crippen molar-refractivity contribution in [2.75, 3.05) is 5.32 Å². The molecule has 0 aromatic heterocycles. The second-order valence-electron chi connectivity index (χ2n) is 6.68. The molecular weight excluding hydrogens is 494 g/mol. The lowest BCUT2D eigenvalue weighted by Gasteiger charge is -2.12. The molecule has 2 amide bonds. The summed E-state index contributed by atoms with van der Waals surface area (Å²) < 4.78 is 0.506. The van der Waals surface area contributed by atoms with Crippen LogP contribution >= 0.6 is 15.9 Å². The summed E-state index contributed by atoms with van der Waals surface area (Å²) in [7, 11) is 0. The van der Waals surface area contributed by atoms with Crippen molar-refractivity contribution in [1.29, 1.82) is 0 Å². The fourth-order valence-corrected chi connectivity index (χ4v) is 3.28. The lowest BCUT2D eigenvalue weighted by Crippen LogP contribution is -2.31. The van der Waals surface area contributed by atoms with Gasteiger partial charge in [0.25, 0.3) is 17.5 Å². The van der Waals surface area contributed by atoms with E-state index in [0.29, 0.717) is 10.0 Å². The average molecular weight is 510 g/mol. The summed E-state index contributed by atoms with van der Waals surface area (Å²) in [6.07, 6.45) is 1.29. The van der Waals surface area contributed by atoms with Crippen LogP contribution in [0.3, 0.4) is 0 Å². The molecule has 33 heavy (non-hydrogen) atoms. The molecule has 0 aliphatic rings. The number of nitro groups is 1. The maximum atomic E-state index is 13.0. The van der Waals surface area contributed by atoms with Crippen LogP contribution in [0.15, 0.2) is 83.0 Å². The number of benzene rings is 3. The third kappa shape index (κ3) is 6.11. The van der Waals surface area contributed by atoms with Gasteiger partial charge in [0, 0.05) is 22.3 Å². The molecule has 0 spiro atoms. The molecule has 0 unspecified atom stereocenters. The van der Waals surface area contributed by atoms with Crippen LogP contribution in [0, 0.1) is 10.1 Å². The molecule has 3 aromatic rings. The summed E-state index contributed by atoms with van der Waals surface area (Å²) in [4.78, 5) is 47.5. The minimum atomic E-state index is -1.17. The Balaban J connectivity index is 1.96. The number of carboxylic acid groups (broad SMARTS) is 1. The lowest BCUT2D eigenvalue weighted by molar-refractivity contribution is -0.384. The van der Waals surface area contributed by atoms with Gasteiger partial charge in [0.2, 0.25) is 0 Å². The molecule has 0 saturated heterocycles. The second-order valence-corrected chi connectivity index (χ2v) is 7.54. The van der Waals surface area contributed by atoms with Crippen molar-refractivity contribution in [2.45, 2.75) is 0 Å². The third-order valence-electron chi connectivity index (χ3n) is 4.37. The maximum absolute atomic E-state index is 13.0. The number of nitrogens with zero attached hydrogens (tertiary/aromatic N) is 1. The van der Waals surface area contributed by atoms with Crippen LogP contribution < -0.4 is 10.6 Å². The van der Waals surface area contributed by atoms with Crippen molar-refractivity contribution in [3.05, 3.63) is 110 Å². The number of non-ortho nitro benzene ring substituents is 1. The molecule has 0 aliphatic carbocycles. The number of aromatic carboxylic acids is 1. The number of carbonyl (C=O) groups is 3. The highest BCUT2D eigenvalue weighted by molar-refractivity contribution is 9.10. The van der Waals surface area contributed by atoms with Gasteiger partial charge in [-0.3, -0.25) is 19.7 Å². The zero-order valence-corrected chi connectivity index (χ0v) is 18.4. The first-order valence-electron chi connectivity index (χ1n) is 9.41. The molecule has 0 heterocycles. The van der Waals surface area contributed by atoms with Gasteiger partial charge in [0.1, 0.15) is 5.70 Å². The van der Waals surface area contributed by atoms with E-state index in [9.17, 15) is 24.5 Å². The summed E-state index contributed by atoms with van der Waals surface area (Å²) in [5.41, 5.74) is 0.352. The lowest BCUT2D eigenvalue weighted by atomic mass is 10.1. The number of anilines is 1. The number of nitrogens with one attached hydrogen (secondary N) is 2. The molecule has 0 atom stereocenters. The smallest absolute Gasteiger partial charge is 0.335 e. The van der Waals surface area contributed by atoms with Gasteiger partial charge in [-0.15, -0.1) is 0 Å². The number of nitro benzene ring substituents is 1. The van der Waals surface area contributed by atoms with Crippen molar-refractivity contribution in [3.8, 4) is 0 Å². The molecule has 3 N–H and O–H groups in total. The van der Waals surface area contributed by atoms with E-state index in [-0.39, 0.29) is 28.2 Å². The summed E-state index contributed by atoms with van der Waals surface area (Å²) in [6, 6.07) is 17.7. The molecule has 0 radical (unpaired) electrons. The third-order valence-corrected chi connectivity index (χ3v) is 5.06. The predicted octanol–water partition coefficient (Wildman–Crippen LogP) is 4.47. The van der Waals surface area contributed by atoms with Gasteiger partial charge in [-0.05, 0) is 57.9 Å². The Morgan fingerprint density at radius 2 is 1.70 bits per heavy atom. The highest BCUT2D eigenvalue weighted by Crippen LogP contribution is 2.19. The van der Waals surface area contributed by atoms with Gasteiger partial charge < -0.3 is 15.7 Å².